The van der Waals surface area contributed by atoms with E-state index in [1.54, 1.807) is 0 Å². The summed E-state index contributed by atoms with van der Waals surface area (Å²) >= 11 is 0. The molecule has 0 amide bonds. The van der Waals surface area contributed by atoms with Crippen molar-refractivity contribution >= 4 is 0 Å². The average molecular weight is 221 g/mol. The van der Waals surface area contributed by atoms with Gasteiger partial charge >= 0.3 is 0 Å². The fourth-order valence-corrected chi connectivity index (χ4v) is 3.74. The molecular formula is C15H27N. The van der Waals surface area contributed by atoms with Gasteiger partial charge < -0.3 is 5.32 Å². The van der Waals surface area contributed by atoms with Gasteiger partial charge in [-0.3, -0.25) is 0 Å². The molecule has 0 bridgehead atoms. The Labute approximate surface area is 101 Å². The van der Waals surface area contributed by atoms with Crippen LogP contribution in [0, 0.1) is 5.41 Å². The van der Waals surface area contributed by atoms with Gasteiger partial charge in [0, 0.05) is 12.1 Å². The second-order valence-corrected chi connectivity index (χ2v) is 6.07. The van der Waals surface area contributed by atoms with Crippen LogP contribution < -0.4 is 5.32 Å². The van der Waals surface area contributed by atoms with Crippen LogP contribution in [0.25, 0.3) is 0 Å². The maximum atomic E-state index is 3.81. The summed E-state index contributed by atoms with van der Waals surface area (Å²) in [7, 11) is 0. The maximum Gasteiger partial charge on any atom is 0.00757 e. The van der Waals surface area contributed by atoms with Gasteiger partial charge in [-0.2, -0.15) is 0 Å². The van der Waals surface area contributed by atoms with Crippen LogP contribution in [0.2, 0.25) is 0 Å². The van der Waals surface area contributed by atoms with E-state index < -0.39 is 0 Å². The first-order valence-corrected chi connectivity index (χ1v) is 7.11. The normalized spacial score (nSPS) is 27.1. The van der Waals surface area contributed by atoms with E-state index in [2.05, 4.69) is 18.8 Å². The van der Waals surface area contributed by atoms with E-state index in [0.29, 0.717) is 6.04 Å². The van der Waals surface area contributed by atoms with E-state index >= 15 is 0 Å². The van der Waals surface area contributed by atoms with E-state index in [0.717, 1.165) is 17.9 Å². The second-order valence-electron chi connectivity index (χ2n) is 6.07. The van der Waals surface area contributed by atoms with Crippen LogP contribution in [0.3, 0.4) is 0 Å². The summed E-state index contributed by atoms with van der Waals surface area (Å²) < 4.78 is 0. The number of hydrogen-bond donors (Lipinski definition) is 1. The van der Waals surface area contributed by atoms with Crippen molar-refractivity contribution in [3.05, 3.63) is 12.7 Å². The SMILES string of the molecule is C=CCC(C)NC1CCC2(CCCC2)CC1. The van der Waals surface area contributed by atoms with Crippen LogP contribution >= 0.6 is 0 Å². The summed E-state index contributed by atoms with van der Waals surface area (Å²) in [6.07, 6.45) is 14.9. The van der Waals surface area contributed by atoms with E-state index in [4.69, 9.17) is 0 Å². The molecule has 0 aliphatic heterocycles. The molecule has 16 heavy (non-hydrogen) atoms. The molecule has 2 rings (SSSR count). The van der Waals surface area contributed by atoms with E-state index in [9.17, 15) is 0 Å². The van der Waals surface area contributed by atoms with Crippen LogP contribution in [0.15, 0.2) is 12.7 Å². The minimum Gasteiger partial charge on any atom is -0.311 e. The Morgan fingerprint density at radius 3 is 2.44 bits per heavy atom. The maximum absolute atomic E-state index is 3.81. The Hall–Kier alpha value is -0.300. The smallest absolute Gasteiger partial charge is 0.00757 e. The summed E-state index contributed by atoms with van der Waals surface area (Å²) in [5, 5.41) is 3.75. The molecule has 1 nitrogen and oxygen atoms in total. The zero-order valence-corrected chi connectivity index (χ0v) is 10.8. The molecule has 1 spiro atoms. The highest BCUT2D eigenvalue weighted by molar-refractivity contribution is 4.92. The number of rotatable bonds is 4. The van der Waals surface area contributed by atoms with Gasteiger partial charge in [-0.15, -0.1) is 6.58 Å². The first-order valence-electron chi connectivity index (χ1n) is 7.11. The van der Waals surface area contributed by atoms with E-state index in [-0.39, 0.29) is 0 Å². The minimum absolute atomic E-state index is 0.611. The van der Waals surface area contributed by atoms with Crippen molar-refractivity contribution in [1.29, 1.82) is 0 Å². The van der Waals surface area contributed by atoms with Gasteiger partial charge in [-0.25, -0.2) is 0 Å². The summed E-state index contributed by atoms with van der Waals surface area (Å²) in [4.78, 5) is 0. The first-order chi connectivity index (χ1) is 7.74. The van der Waals surface area contributed by atoms with Gasteiger partial charge in [-0.05, 0) is 57.3 Å². The molecule has 2 saturated carbocycles. The Balaban J connectivity index is 1.74. The van der Waals surface area contributed by atoms with Crippen molar-refractivity contribution in [2.75, 3.05) is 0 Å². The summed E-state index contributed by atoms with van der Waals surface area (Å²) in [5.41, 5.74) is 0.778. The number of nitrogens with one attached hydrogen (secondary N) is 1. The average Bonchev–Trinajstić information content (AvgIpc) is 2.71. The zero-order chi connectivity index (χ0) is 11.4. The Bertz CT molecular complexity index is 218. The quantitative estimate of drug-likeness (QED) is 0.706. The molecule has 92 valence electrons. The third-order valence-corrected chi connectivity index (χ3v) is 4.75. The molecular weight excluding hydrogens is 194 g/mol. The minimum atomic E-state index is 0.611. The van der Waals surface area contributed by atoms with Gasteiger partial charge in [0.25, 0.3) is 0 Å². The highest BCUT2D eigenvalue weighted by Gasteiger charge is 2.37. The van der Waals surface area contributed by atoms with Crippen LogP contribution in [-0.2, 0) is 0 Å². The molecule has 2 aliphatic carbocycles. The lowest BCUT2D eigenvalue weighted by Gasteiger charge is -2.38. The standard InChI is InChI=1S/C15H27N/c1-3-6-13(2)16-14-7-11-15(12-8-14)9-4-5-10-15/h3,13-14,16H,1,4-12H2,2H3. The first kappa shape index (κ1) is 12.2. The molecule has 1 atom stereocenters. The number of hydrogen-bond acceptors (Lipinski definition) is 1. The molecule has 1 heteroatoms. The predicted molar refractivity (Wildman–Crippen MR) is 70.6 cm³/mol. The summed E-state index contributed by atoms with van der Waals surface area (Å²) in [5.74, 6) is 0. The molecule has 0 aromatic carbocycles. The fraction of sp³-hybridized carbons (Fsp3) is 0.867. The van der Waals surface area contributed by atoms with Crippen molar-refractivity contribution in [2.45, 2.75) is 76.8 Å². The Kier molecular flexibility index (Phi) is 4.07. The Morgan fingerprint density at radius 1 is 1.25 bits per heavy atom. The molecule has 0 heterocycles. The van der Waals surface area contributed by atoms with Crippen LogP contribution in [-0.4, -0.2) is 12.1 Å². The van der Waals surface area contributed by atoms with Gasteiger partial charge in [0.15, 0.2) is 0 Å². The molecule has 0 aromatic heterocycles. The third kappa shape index (κ3) is 2.88. The molecule has 1 unspecified atom stereocenters. The lowest BCUT2D eigenvalue weighted by atomic mass is 9.71. The highest BCUT2D eigenvalue weighted by Crippen LogP contribution is 2.48. The second kappa shape index (κ2) is 5.35. The molecule has 1 N–H and O–H groups in total. The largest absolute Gasteiger partial charge is 0.311 e. The lowest BCUT2D eigenvalue weighted by Crippen LogP contribution is -2.40. The van der Waals surface area contributed by atoms with E-state index in [1.165, 1.54) is 51.4 Å². The molecule has 0 aromatic rings. The zero-order valence-electron chi connectivity index (χ0n) is 10.8. The van der Waals surface area contributed by atoms with E-state index in [1.807, 2.05) is 6.08 Å². The molecule has 0 saturated heterocycles. The Morgan fingerprint density at radius 2 is 1.88 bits per heavy atom. The summed E-state index contributed by atoms with van der Waals surface area (Å²) in [6, 6.07) is 1.39. The summed E-state index contributed by atoms with van der Waals surface area (Å²) in [6.45, 7) is 6.09. The highest BCUT2D eigenvalue weighted by atomic mass is 14.9. The van der Waals surface area contributed by atoms with Crippen molar-refractivity contribution in [1.82, 2.24) is 5.32 Å². The van der Waals surface area contributed by atoms with Crippen molar-refractivity contribution in [3.8, 4) is 0 Å². The van der Waals surface area contributed by atoms with Gasteiger partial charge in [0.05, 0.1) is 0 Å². The monoisotopic (exact) mass is 221 g/mol. The van der Waals surface area contributed by atoms with Gasteiger partial charge in [0.1, 0.15) is 0 Å². The van der Waals surface area contributed by atoms with Crippen LogP contribution in [0.5, 0.6) is 0 Å². The molecule has 0 radical (unpaired) electrons. The van der Waals surface area contributed by atoms with Crippen molar-refractivity contribution in [3.63, 3.8) is 0 Å². The topological polar surface area (TPSA) is 12.0 Å². The van der Waals surface area contributed by atoms with Crippen molar-refractivity contribution in [2.24, 2.45) is 5.41 Å². The lowest BCUT2D eigenvalue weighted by molar-refractivity contribution is 0.164. The van der Waals surface area contributed by atoms with Crippen molar-refractivity contribution < 1.29 is 0 Å². The fourth-order valence-electron chi connectivity index (χ4n) is 3.74. The molecule has 2 fully saturated rings. The third-order valence-electron chi connectivity index (χ3n) is 4.75. The van der Waals surface area contributed by atoms with Crippen LogP contribution in [0.1, 0.15) is 64.7 Å². The van der Waals surface area contributed by atoms with Crippen LogP contribution in [0.4, 0.5) is 0 Å². The van der Waals surface area contributed by atoms with Gasteiger partial charge in [0.2, 0.25) is 0 Å². The molecule has 2 aliphatic rings. The van der Waals surface area contributed by atoms with Gasteiger partial charge in [-0.1, -0.05) is 18.9 Å². The predicted octanol–water partition coefficient (Wildman–Crippen LogP) is 4.04.